The minimum atomic E-state index is -0.951. The number of hydrogen-bond acceptors (Lipinski definition) is 5. The quantitative estimate of drug-likeness (QED) is 0.520. The number of hydrogen-bond donors (Lipinski definition) is 1. The summed E-state index contributed by atoms with van der Waals surface area (Å²) in [6, 6.07) is 10.5. The van der Waals surface area contributed by atoms with Crippen LogP contribution in [0, 0.1) is 6.92 Å². The Morgan fingerprint density at radius 2 is 1.89 bits per heavy atom. The molecule has 2 aromatic carbocycles. The van der Waals surface area contributed by atoms with E-state index in [0.29, 0.717) is 47.6 Å². The first-order valence-corrected chi connectivity index (χ1v) is 8.95. The molecule has 0 bridgehead atoms. The first kappa shape index (κ1) is 17.2. The molecule has 1 aromatic heterocycles. The largest absolute Gasteiger partial charge is 0.478 e. The van der Waals surface area contributed by atoms with E-state index in [1.54, 1.807) is 37.3 Å². The average Bonchev–Trinajstić information content (AvgIpc) is 3.15. The van der Waals surface area contributed by atoms with E-state index >= 15 is 0 Å². The van der Waals surface area contributed by atoms with E-state index in [2.05, 4.69) is 4.98 Å². The van der Waals surface area contributed by atoms with Crippen molar-refractivity contribution in [2.45, 2.75) is 26.6 Å². The first-order chi connectivity index (χ1) is 14.5. The van der Waals surface area contributed by atoms with Crippen molar-refractivity contribution >= 4 is 5.97 Å². The first-order valence-electron chi connectivity index (χ1n) is 9.95. The third-order valence-corrected chi connectivity index (χ3v) is 4.07. The minimum Gasteiger partial charge on any atom is -0.478 e. The summed E-state index contributed by atoms with van der Waals surface area (Å²) in [4.78, 5) is 15.7. The zero-order valence-corrected chi connectivity index (χ0v) is 15.6. The van der Waals surface area contributed by atoms with Gasteiger partial charge in [0.1, 0.15) is 12.0 Å². The number of oxazole rings is 1. The number of ether oxygens (including phenoxy) is 2. The van der Waals surface area contributed by atoms with Crippen LogP contribution in [-0.2, 0) is 22.7 Å². The molecular formula is C22H23NO5. The third-order valence-electron chi connectivity index (χ3n) is 4.07. The lowest BCUT2D eigenvalue weighted by Crippen LogP contribution is -2.08. The lowest BCUT2D eigenvalue weighted by Gasteiger charge is -2.09. The number of carbonyl (C=O) groups is 1. The molecule has 3 rings (SSSR count). The summed E-state index contributed by atoms with van der Waals surface area (Å²) in [5.74, 6) is -0.715. The smallest absolute Gasteiger partial charge is 0.336 e. The predicted octanol–water partition coefficient (Wildman–Crippen LogP) is 4.47. The van der Waals surface area contributed by atoms with Crippen molar-refractivity contribution in [2.75, 3.05) is 13.2 Å². The van der Waals surface area contributed by atoms with Crippen LogP contribution in [0.25, 0.3) is 11.5 Å². The van der Waals surface area contributed by atoms with E-state index in [4.69, 9.17) is 16.6 Å². The van der Waals surface area contributed by atoms with Gasteiger partial charge in [-0.3, -0.25) is 0 Å². The van der Waals surface area contributed by atoms with Crippen molar-refractivity contribution in [3.8, 4) is 11.5 Å². The number of carboxylic acid groups (broad SMARTS) is 1. The van der Waals surface area contributed by atoms with Gasteiger partial charge in [0.05, 0.1) is 21.5 Å². The van der Waals surface area contributed by atoms with Gasteiger partial charge >= 0.3 is 5.97 Å². The van der Waals surface area contributed by atoms with Crippen LogP contribution in [0.5, 0.6) is 0 Å². The van der Waals surface area contributed by atoms with Gasteiger partial charge in [0.25, 0.3) is 0 Å². The zero-order valence-electron chi connectivity index (χ0n) is 17.6. The molecule has 0 spiro atoms. The Bertz CT molecular complexity index is 998. The molecule has 1 heterocycles. The Labute approximate surface area is 166 Å². The Kier molecular flexibility index (Phi) is 6.02. The number of aromatic carboxylic acids is 1. The highest BCUT2D eigenvalue weighted by molar-refractivity contribution is 5.91. The monoisotopic (exact) mass is 383 g/mol. The number of rotatable bonds is 10. The van der Waals surface area contributed by atoms with Gasteiger partial charge in [0.15, 0.2) is 0 Å². The molecule has 28 heavy (non-hydrogen) atoms. The fraction of sp³-hybridized carbons (Fsp3) is 0.273. The molecule has 0 amide bonds. The number of carboxylic acids is 1. The normalized spacial score (nSPS) is 11.9. The van der Waals surface area contributed by atoms with Gasteiger partial charge in [-0.2, -0.15) is 0 Å². The highest BCUT2D eigenvalue weighted by Gasteiger charge is 2.12. The van der Waals surface area contributed by atoms with Gasteiger partial charge in [0.2, 0.25) is 5.89 Å². The summed E-state index contributed by atoms with van der Waals surface area (Å²) in [7, 11) is 0. The van der Waals surface area contributed by atoms with E-state index < -0.39 is 5.97 Å². The average molecular weight is 383 g/mol. The fourth-order valence-electron chi connectivity index (χ4n) is 2.74. The summed E-state index contributed by atoms with van der Waals surface area (Å²) in [6.07, 6.45) is 2.11. The van der Waals surface area contributed by atoms with Gasteiger partial charge in [-0.15, -0.1) is 0 Å². The standard InChI is InChI=1S/C22H23NO5/c1-16-7-5-10-18(20(16)22(24)25)13-26-11-6-12-27-14-19-15-28-21(23-19)17-8-3-2-4-9-17/h2-5,7-10,15H,6,11-14H2,1H3,(H,24,25)/i8D,9D. The second-order valence-electron chi connectivity index (χ2n) is 6.21. The molecule has 1 N–H and O–H groups in total. The Morgan fingerprint density at radius 3 is 2.64 bits per heavy atom. The highest BCUT2D eigenvalue weighted by atomic mass is 16.5. The molecule has 0 aliphatic rings. The van der Waals surface area contributed by atoms with Crippen molar-refractivity contribution < 1.29 is 26.5 Å². The van der Waals surface area contributed by atoms with E-state index in [1.807, 2.05) is 6.07 Å². The molecule has 0 atom stereocenters. The van der Waals surface area contributed by atoms with Gasteiger partial charge in [-0.1, -0.05) is 36.4 Å². The summed E-state index contributed by atoms with van der Waals surface area (Å²) < 4.78 is 32.4. The van der Waals surface area contributed by atoms with Crippen LogP contribution in [0.3, 0.4) is 0 Å². The van der Waals surface area contributed by atoms with Gasteiger partial charge < -0.3 is 19.0 Å². The van der Waals surface area contributed by atoms with Crippen LogP contribution in [-0.4, -0.2) is 29.3 Å². The van der Waals surface area contributed by atoms with Crippen molar-refractivity contribution in [2.24, 2.45) is 0 Å². The lowest BCUT2D eigenvalue weighted by molar-refractivity contribution is 0.0640. The highest BCUT2D eigenvalue weighted by Crippen LogP contribution is 2.18. The van der Waals surface area contributed by atoms with Gasteiger partial charge in [-0.05, 0) is 36.6 Å². The number of benzene rings is 2. The molecule has 0 aliphatic heterocycles. The van der Waals surface area contributed by atoms with Crippen molar-refractivity contribution in [3.05, 3.63) is 77.1 Å². The van der Waals surface area contributed by atoms with Crippen molar-refractivity contribution in [3.63, 3.8) is 0 Å². The number of aromatic nitrogens is 1. The van der Waals surface area contributed by atoms with Crippen molar-refractivity contribution in [1.82, 2.24) is 4.98 Å². The van der Waals surface area contributed by atoms with E-state index in [-0.39, 0.29) is 31.2 Å². The topological polar surface area (TPSA) is 81.8 Å². The second-order valence-corrected chi connectivity index (χ2v) is 6.21. The summed E-state index contributed by atoms with van der Waals surface area (Å²) in [5.41, 5.74) is 2.60. The van der Waals surface area contributed by atoms with Crippen LogP contribution >= 0.6 is 0 Å². The van der Waals surface area contributed by atoms with E-state index in [1.165, 1.54) is 6.26 Å². The zero-order chi connectivity index (χ0) is 21.5. The predicted molar refractivity (Wildman–Crippen MR) is 104 cm³/mol. The Balaban J connectivity index is 1.40. The van der Waals surface area contributed by atoms with Gasteiger partial charge in [0, 0.05) is 18.8 Å². The summed E-state index contributed by atoms with van der Waals surface area (Å²) in [5, 5.41) is 9.32. The molecule has 0 saturated carbocycles. The number of aryl methyl sites for hydroxylation is 1. The molecule has 0 unspecified atom stereocenters. The van der Waals surface area contributed by atoms with Crippen molar-refractivity contribution in [1.29, 1.82) is 0 Å². The number of nitrogens with zero attached hydrogens (tertiary/aromatic N) is 1. The summed E-state index contributed by atoms with van der Waals surface area (Å²) in [6.45, 7) is 3.13. The molecule has 3 aromatic rings. The molecule has 146 valence electrons. The SMILES string of the molecule is [2H]c1cccc([2H])c1-c1nc(COCCCOCc2cccc(C)c2C(=O)O)co1. The minimum absolute atomic E-state index is 0.189. The van der Waals surface area contributed by atoms with Crippen LogP contribution < -0.4 is 0 Å². The third kappa shape index (κ3) is 5.28. The van der Waals surface area contributed by atoms with Crippen LogP contribution in [0.15, 0.2) is 59.2 Å². The van der Waals surface area contributed by atoms with E-state index in [0.717, 1.165) is 0 Å². The lowest BCUT2D eigenvalue weighted by atomic mass is 10.0. The van der Waals surface area contributed by atoms with Crippen LogP contribution in [0.1, 0.15) is 36.3 Å². The molecule has 0 fully saturated rings. The molecule has 6 nitrogen and oxygen atoms in total. The second kappa shape index (κ2) is 9.82. The maximum atomic E-state index is 11.4. The maximum absolute atomic E-state index is 11.4. The Morgan fingerprint density at radius 1 is 1.14 bits per heavy atom. The van der Waals surface area contributed by atoms with Gasteiger partial charge in [-0.25, -0.2) is 9.78 Å². The Hall–Kier alpha value is -2.96. The molecule has 0 saturated heterocycles. The molecule has 0 aliphatic carbocycles. The molecule has 6 heteroatoms. The maximum Gasteiger partial charge on any atom is 0.336 e. The molecule has 0 radical (unpaired) electrons. The van der Waals surface area contributed by atoms with Crippen LogP contribution in [0.2, 0.25) is 0 Å². The molecular weight excluding hydrogens is 358 g/mol. The van der Waals surface area contributed by atoms with Crippen LogP contribution in [0.4, 0.5) is 0 Å². The van der Waals surface area contributed by atoms with E-state index in [9.17, 15) is 9.90 Å². The summed E-state index contributed by atoms with van der Waals surface area (Å²) >= 11 is 0. The fourth-order valence-corrected chi connectivity index (χ4v) is 2.74.